The molecule has 1 aliphatic rings. The van der Waals surface area contributed by atoms with E-state index < -0.39 is 10.0 Å². The molecular formula is C12H16N4O3S. The zero-order valence-corrected chi connectivity index (χ0v) is 11.9. The average Bonchev–Trinajstić information content (AvgIpc) is 2.48. The summed E-state index contributed by atoms with van der Waals surface area (Å²) in [6.07, 6.45) is 1.04. The van der Waals surface area contributed by atoms with Gasteiger partial charge in [0, 0.05) is 32.9 Å². The highest BCUT2D eigenvalue weighted by atomic mass is 32.2. The fraction of sp³-hybridized carbons (Fsp3) is 0.500. The molecule has 1 atom stereocenters. The molecule has 0 saturated carbocycles. The fourth-order valence-corrected chi connectivity index (χ4v) is 3.05. The number of hydrogen-bond acceptors (Lipinski definition) is 6. The Labute approximate surface area is 118 Å². The van der Waals surface area contributed by atoms with E-state index >= 15 is 0 Å². The molecular weight excluding hydrogens is 280 g/mol. The number of nitrogens with one attached hydrogen (secondary N) is 1. The number of nitrogens with zero attached hydrogens (tertiary/aromatic N) is 3. The third-order valence-corrected chi connectivity index (χ3v) is 4.83. The average molecular weight is 296 g/mol. The first-order valence-electron chi connectivity index (χ1n) is 6.19. The smallest absolute Gasteiger partial charge is 0.244 e. The van der Waals surface area contributed by atoms with Crippen LogP contribution in [0.4, 0.5) is 0 Å². The van der Waals surface area contributed by atoms with Crippen molar-refractivity contribution in [3.05, 3.63) is 24.0 Å². The molecule has 0 aliphatic carbocycles. The van der Waals surface area contributed by atoms with E-state index in [-0.39, 0.29) is 23.2 Å². The monoisotopic (exact) mass is 296 g/mol. The number of morpholine rings is 1. The summed E-state index contributed by atoms with van der Waals surface area (Å²) in [7, 11) is -2.10. The summed E-state index contributed by atoms with van der Waals surface area (Å²) in [5.74, 6) is 0. The van der Waals surface area contributed by atoms with Crippen LogP contribution in [0.1, 0.15) is 5.69 Å². The molecule has 2 heterocycles. The summed E-state index contributed by atoms with van der Waals surface area (Å²) in [5, 5.41) is 11.8. The third kappa shape index (κ3) is 3.32. The van der Waals surface area contributed by atoms with Crippen molar-refractivity contribution < 1.29 is 13.2 Å². The maximum atomic E-state index is 12.3. The van der Waals surface area contributed by atoms with E-state index in [0.717, 1.165) is 6.54 Å². The number of aromatic nitrogens is 1. The second kappa shape index (κ2) is 6.28. The van der Waals surface area contributed by atoms with Gasteiger partial charge in [0.15, 0.2) is 0 Å². The number of pyridine rings is 1. The Kier molecular flexibility index (Phi) is 4.67. The summed E-state index contributed by atoms with van der Waals surface area (Å²) in [6, 6.07) is 4.63. The fourth-order valence-electron chi connectivity index (χ4n) is 1.90. The number of nitriles is 1. The highest BCUT2D eigenvalue weighted by Gasteiger charge is 2.25. The minimum absolute atomic E-state index is 0.0720. The molecule has 1 aliphatic heterocycles. The molecule has 8 heteroatoms. The van der Waals surface area contributed by atoms with Gasteiger partial charge in [0.2, 0.25) is 10.0 Å². The van der Waals surface area contributed by atoms with E-state index in [1.807, 2.05) is 6.07 Å². The molecule has 1 aromatic rings. The van der Waals surface area contributed by atoms with Crippen LogP contribution in [0, 0.1) is 11.3 Å². The van der Waals surface area contributed by atoms with Crippen LogP contribution in [0.3, 0.4) is 0 Å². The number of rotatable bonds is 4. The van der Waals surface area contributed by atoms with Crippen molar-refractivity contribution in [1.29, 1.82) is 5.26 Å². The molecule has 7 nitrogen and oxygen atoms in total. The molecule has 1 aromatic heterocycles. The molecule has 1 N–H and O–H groups in total. The Morgan fingerprint density at radius 1 is 1.60 bits per heavy atom. The molecule has 1 saturated heterocycles. The summed E-state index contributed by atoms with van der Waals surface area (Å²) in [5.41, 5.74) is 0.186. The zero-order valence-electron chi connectivity index (χ0n) is 11.1. The summed E-state index contributed by atoms with van der Waals surface area (Å²) in [4.78, 5) is 3.85. The molecule has 108 valence electrons. The Bertz CT molecular complexity index is 588. The number of sulfonamides is 1. The highest BCUT2D eigenvalue weighted by molar-refractivity contribution is 7.89. The predicted molar refractivity (Wildman–Crippen MR) is 71.4 cm³/mol. The lowest BCUT2D eigenvalue weighted by atomic mass is 10.3. The molecule has 2 rings (SSSR count). The zero-order chi connectivity index (χ0) is 14.6. The van der Waals surface area contributed by atoms with Gasteiger partial charge in [-0.3, -0.25) is 0 Å². The van der Waals surface area contributed by atoms with Crippen molar-refractivity contribution >= 4 is 10.0 Å². The Morgan fingerprint density at radius 2 is 2.40 bits per heavy atom. The minimum atomic E-state index is -3.61. The van der Waals surface area contributed by atoms with Gasteiger partial charge in [0.05, 0.1) is 12.7 Å². The molecule has 0 aromatic carbocycles. The first kappa shape index (κ1) is 14.9. The van der Waals surface area contributed by atoms with Crippen LogP contribution in [0.15, 0.2) is 23.2 Å². The third-order valence-electron chi connectivity index (χ3n) is 3.02. The van der Waals surface area contributed by atoms with Gasteiger partial charge in [-0.1, -0.05) is 0 Å². The van der Waals surface area contributed by atoms with E-state index in [1.54, 1.807) is 0 Å². The highest BCUT2D eigenvalue weighted by Crippen LogP contribution is 2.14. The first-order chi connectivity index (χ1) is 9.54. The molecule has 1 fully saturated rings. The number of hydrogen-bond donors (Lipinski definition) is 1. The second-order valence-electron chi connectivity index (χ2n) is 4.47. The van der Waals surface area contributed by atoms with Gasteiger partial charge < -0.3 is 10.1 Å². The van der Waals surface area contributed by atoms with Crippen LogP contribution in [-0.2, 0) is 14.8 Å². The van der Waals surface area contributed by atoms with Gasteiger partial charge in [-0.15, -0.1) is 0 Å². The lowest BCUT2D eigenvalue weighted by molar-refractivity contribution is 0.0206. The second-order valence-corrected chi connectivity index (χ2v) is 6.52. The van der Waals surface area contributed by atoms with E-state index in [0.29, 0.717) is 13.2 Å². The van der Waals surface area contributed by atoms with Gasteiger partial charge in [-0.05, 0) is 12.1 Å². The number of ether oxygens (including phenoxy) is 1. The van der Waals surface area contributed by atoms with Crippen molar-refractivity contribution in [3.63, 3.8) is 0 Å². The molecule has 0 bridgehead atoms. The van der Waals surface area contributed by atoms with Crippen molar-refractivity contribution in [2.75, 3.05) is 33.3 Å². The van der Waals surface area contributed by atoms with Gasteiger partial charge in [-0.2, -0.15) is 9.57 Å². The molecule has 0 radical (unpaired) electrons. The van der Waals surface area contributed by atoms with Crippen molar-refractivity contribution in [2.24, 2.45) is 0 Å². The Hall–Kier alpha value is -1.53. The Balaban J connectivity index is 2.09. The maximum absolute atomic E-state index is 12.3. The van der Waals surface area contributed by atoms with Gasteiger partial charge in [0.1, 0.15) is 16.7 Å². The van der Waals surface area contributed by atoms with Crippen LogP contribution in [-0.4, -0.2) is 57.1 Å². The summed E-state index contributed by atoms with van der Waals surface area (Å²) >= 11 is 0. The van der Waals surface area contributed by atoms with E-state index in [9.17, 15) is 8.42 Å². The predicted octanol–water partition coefficient (Wildman–Crippen LogP) is -0.438. The van der Waals surface area contributed by atoms with Crippen molar-refractivity contribution in [3.8, 4) is 6.07 Å². The van der Waals surface area contributed by atoms with Crippen LogP contribution in [0.25, 0.3) is 0 Å². The van der Waals surface area contributed by atoms with Crippen molar-refractivity contribution in [1.82, 2.24) is 14.6 Å². The molecule has 0 spiro atoms. The van der Waals surface area contributed by atoms with Crippen LogP contribution in [0.5, 0.6) is 0 Å². The normalized spacial score (nSPS) is 19.8. The van der Waals surface area contributed by atoms with E-state index in [4.69, 9.17) is 10.00 Å². The largest absolute Gasteiger partial charge is 0.374 e. The van der Waals surface area contributed by atoms with Crippen LogP contribution in [0.2, 0.25) is 0 Å². The van der Waals surface area contributed by atoms with Gasteiger partial charge in [0.25, 0.3) is 0 Å². The summed E-state index contributed by atoms with van der Waals surface area (Å²) < 4.78 is 31.4. The van der Waals surface area contributed by atoms with E-state index in [1.165, 1.54) is 29.7 Å². The topological polar surface area (TPSA) is 95.3 Å². The number of likely N-dealkylation sites (N-methyl/N-ethyl adjacent to an activating group) is 1. The van der Waals surface area contributed by atoms with Crippen molar-refractivity contribution in [2.45, 2.75) is 11.0 Å². The minimum Gasteiger partial charge on any atom is -0.374 e. The molecule has 1 unspecified atom stereocenters. The van der Waals surface area contributed by atoms with Crippen LogP contribution < -0.4 is 5.32 Å². The standard InChI is InChI=1S/C12H16N4O3S/c1-16(9-11-7-14-4-5-19-11)20(17,18)12-3-2-10(6-13)15-8-12/h2-3,8,11,14H,4-5,7,9H2,1H3. The SMILES string of the molecule is CN(CC1CNCCO1)S(=O)(=O)c1ccc(C#N)nc1. The first-order valence-corrected chi connectivity index (χ1v) is 7.63. The molecule has 0 amide bonds. The molecule has 20 heavy (non-hydrogen) atoms. The van der Waals surface area contributed by atoms with E-state index in [2.05, 4.69) is 10.3 Å². The maximum Gasteiger partial charge on any atom is 0.244 e. The van der Waals surface area contributed by atoms with Crippen LogP contribution >= 0.6 is 0 Å². The van der Waals surface area contributed by atoms with Gasteiger partial charge in [-0.25, -0.2) is 13.4 Å². The lowest BCUT2D eigenvalue weighted by Crippen LogP contribution is -2.45. The lowest BCUT2D eigenvalue weighted by Gasteiger charge is -2.27. The van der Waals surface area contributed by atoms with Gasteiger partial charge >= 0.3 is 0 Å². The quantitative estimate of drug-likeness (QED) is 0.809. The summed E-state index contributed by atoms with van der Waals surface area (Å²) in [6.45, 7) is 2.27. The Morgan fingerprint density at radius 3 is 2.95 bits per heavy atom.